The zero-order valence-corrected chi connectivity index (χ0v) is 20.7. The molecule has 0 unspecified atom stereocenters. The van der Waals surface area contributed by atoms with Gasteiger partial charge in [-0.1, -0.05) is 78.9 Å². The van der Waals surface area contributed by atoms with Crippen LogP contribution in [0.4, 0.5) is 0 Å². The third-order valence-corrected chi connectivity index (χ3v) is 7.50. The summed E-state index contributed by atoms with van der Waals surface area (Å²) < 4.78 is 10.4. The van der Waals surface area contributed by atoms with Gasteiger partial charge in [0.05, 0.1) is 19.7 Å². The van der Waals surface area contributed by atoms with Crippen LogP contribution in [-0.2, 0) is 31.9 Å². The van der Waals surface area contributed by atoms with Crippen molar-refractivity contribution in [3.8, 4) is 22.3 Å². The van der Waals surface area contributed by atoms with Crippen LogP contribution in [0.5, 0.6) is 0 Å². The molecule has 0 bridgehead atoms. The first-order chi connectivity index (χ1) is 18.1. The minimum Gasteiger partial charge on any atom is -0.468 e. The molecule has 1 heterocycles. The number of esters is 2. The second-order valence-electron chi connectivity index (χ2n) is 9.42. The Morgan fingerprint density at radius 2 is 1.19 bits per heavy atom. The Labute approximate surface area is 214 Å². The number of fused-ring (bicyclic) bond motifs is 4. The number of carbonyl (C=O) groups is 2. The minimum atomic E-state index is -1.46. The first-order valence-electron chi connectivity index (χ1n) is 12.2. The maximum absolute atomic E-state index is 13.3. The van der Waals surface area contributed by atoms with E-state index in [9.17, 15) is 9.59 Å². The van der Waals surface area contributed by atoms with Gasteiger partial charge in [-0.05, 0) is 39.4 Å². The Balaban J connectivity index is 1.82. The van der Waals surface area contributed by atoms with E-state index in [1.54, 1.807) is 0 Å². The Bertz CT molecular complexity index is 1660. The van der Waals surface area contributed by atoms with Crippen molar-refractivity contribution < 1.29 is 19.1 Å². The van der Waals surface area contributed by atoms with Gasteiger partial charge < -0.3 is 9.47 Å². The Hall–Kier alpha value is -4.51. The molecule has 0 saturated heterocycles. The van der Waals surface area contributed by atoms with Gasteiger partial charge in [-0.15, -0.1) is 0 Å². The Morgan fingerprint density at radius 1 is 0.676 bits per heavy atom. The average molecular weight is 488 g/mol. The van der Waals surface area contributed by atoms with Crippen LogP contribution in [0, 0.1) is 5.41 Å². The smallest absolute Gasteiger partial charge is 0.323 e. The molecule has 0 radical (unpaired) electrons. The molecule has 1 aromatic heterocycles. The fraction of sp³-hybridized carbons (Fsp3) is 0.156. The Morgan fingerprint density at radius 3 is 1.78 bits per heavy atom. The average Bonchev–Trinajstić information content (AvgIpc) is 3.37. The highest BCUT2D eigenvalue weighted by atomic mass is 16.5. The maximum Gasteiger partial charge on any atom is 0.323 e. The van der Waals surface area contributed by atoms with Crippen LogP contribution >= 0.6 is 0 Å². The second kappa shape index (κ2) is 8.86. The van der Waals surface area contributed by atoms with E-state index in [-0.39, 0.29) is 12.8 Å². The van der Waals surface area contributed by atoms with Gasteiger partial charge in [-0.3, -0.25) is 14.6 Å². The van der Waals surface area contributed by atoms with Crippen LogP contribution in [0.3, 0.4) is 0 Å². The van der Waals surface area contributed by atoms with Crippen LogP contribution in [-0.4, -0.2) is 31.1 Å². The molecule has 5 aromatic rings. The van der Waals surface area contributed by atoms with E-state index in [4.69, 9.17) is 14.5 Å². The third-order valence-electron chi connectivity index (χ3n) is 7.50. The molecular weight excluding hydrogens is 462 g/mol. The molecule has 0 fully saturated rings. The van der Waals surface area contributed by atoms with Crippen LogP contribution in [0.15, 0.2) is 91.1 Å². The number of rotatable bonds is 4. The summed E-state index contributed by atoms with van der Waals surface area (Å²) in [4.78, 5) is 31.4. The number of methoxy groups -OCH3 is 2. The molecule has 5 heteroatoms. The van der Waals surface area contributed by atoms with Crippen molar-refractivity contribution in [1.29, 1.82) is 0 Å². The lowest BCUT2D eigenvalue weighted by Gasteiger charge is -2.22. The lowest BCUT2D eigenvalue weighted by atomic mass is 9.84. The molecule has 0 amide bonds. The summed E-state index contributed by atoms with van der Waals surface area (Å²) in [7, 11) is 2.64. The summed E-state index contributed by atoms with van der Waals surface area (Å²) >= 11 is 0. The minimum absolute atomic E-state index is 0.189. The molecule has 1 aliphatic rings. The largest absolute Gasteiger partial charge is 0.468 e. The molecule has 5 nitrogen and oxygen atoms in total. The van der Waals surface area contributed by atoms with Gasteiger partial charge in [0.25, 0.3) is 0 Å². The van der Waals surface area contributed by atoms with Gasteiger partial charge in [-0.25, -0.2) is 0 Å². The van der Waals surface area contributed by atoms with E-state index in [0.29, 0.717) is 0 Å². The molecule has 0 spiro atoms. The second-order valence-corrected chi connectivity index (χ2v) is 9.42. The highest BCUT2D eigenvalue weighted by Gasteiger charge is 2.54. The zero-order valence-electron chi connectivity index (χ0n) is 20.7. The van der Waals surface area contributed by atoms with Crippen LogP contribution in [0.25, 0.3) is 43.9 Å². The molecule has 182 valence electrons. The lowest BCUT2D eigenvalue weighted by Crippen LogP contribution is -2.42. The topological polar surface area (TPSA) is 65.5 Å². The summed E-state index contributed by atoms with van der Waals surface area (Å²) in [6, 6.07) is 28.3. The van der Waals surface area contributed by atoms with E-state index in [2.05, 4.69) is 30.3 Å². The van der Waals surface area contributed by atoms with E-state index in [0.717, 1.165) is 55.1 Å². The number of hydrogen-bond donors (Lipinski definition) is 0. The normalized spacial score (nSPS) is 13.9. The van der Waals surface area contributed by atoms with Crippen LogP contribution in [0.2, 0.25) is 0 Å². The number of hydrogen-bond acceptors (Lipinski definition) is 5. The summed E-state index contributed by atoms with van der Waals surface area (Å²) in [5, 5.41) is 3.06. The predicted molar refractivity (Wildman–Crippen MR) is 144 cm³/mol. The predicted octanol–water partition coefficient (Wildman–Crippen LogP) is 6.15. The standard InChI is InChI=1S/C32H25NO4/c1-36-30(34)32(31(35)37-2)17-23-24(18-32)28(21-13-7-4-8-14-21)29-22-15-9-10-16-26(22)33-19-25(29)27(23)20-11-5-3-6-12-20/h3-16,19H,17-18H2,1-2H3. The third kappa shape index (κ3) is 3.42. The SMILES string of the molecule is COC(=O)C1(C(=O)OC)Cc2c(c(-c3ccccc3)c3c(cnc4ccccc43)c2-c2ccccc2)C1. The van der Waals surface area contributed by atoms with Gasteiger partial charge in [0.2, 0.25) is 0 Å². The highest BCUT2D eigenvalue weighted by Crippen LogP contribution is 2.52. The van der Waals surface area contributed by atoms with E-state index in [1.165, 1.54) is 14.2 Å². The number of nitrogens with zero attached hydrogens (tertiary/aromatic N) is 1. The molecule has 1 aliphatic carbocycles. The lowest BCUT2D eigenvalue weighted by molar-refractivity contribution is -0.168. The van der Waals surface area contributed by atoms with Crippen LogP contribution in [0.1, 0.15) is 11.1 Å². The first-order valence-corrected chi connectivity index (χ1v) is 12.2. The Kier molecular flexibility index (Phi) is 5.49. The van der Waals surface area contributed by atoms with Crippen molar-refractivity contribution in [2.75, 3.05) is 14.2 Å². The maximum atomic E-state index is 13.3. The summed E-state index contributed by atoms with van der Waals surface area (Å²) in [6.45, 7) is 0. The number of ether oxygens (including phenoxy) is 2. The van der Waals surface area contributed by atoms with Gasteiger partial charge in [0, 0.05) is 35.2 Å². The van der Waals surface area contributed by atoms with Gasteiger partial charge in [0.15, 0.2) is 5.41 Å². The molecule has 37 heavy (non-hydrogen) atoms. The van der Waals surface area contributed by atoms with Crippen LogP contribution < -0.4 is 0 Å². The fourth-order valence-corrected chi connectivity index (χ4v) is 5.89. The molecule has 6 rings (SSSR count). The summed E-state index contributed by atoms with van der Waals surface area (Å²) in [5.74, 6) is -1.17. The number of carbonyl (C=O) groups excluding carboxylic acids is 2. The highest BCUT2D eigenvalue weighted by molar-refractivity contribution is 6.19. The van der Waals surface area contributed by atoms with Crippen molar-refractivity contribution in [2.24, 2.45) is 5.41 Å². The summed E-state index contributed by atoms with van der Waals surface area (Å²) in [6.07, 6.45) is 2.30. The van der Waals surface area contributed by atoms with E-state index in [1.807, 2.05) is 60.8 Å². The molecule has 4 aromatic carbocycles. The molecule has 0 aliphatic heterocycles. The fourth-order valence-electron chi connectivity index (χ4n) is 5.89. The number of benzene rings is 4. The molecule has 0 N–H and O–H groups in total. The monoisotopic (exact) mass is 487 g/mol. The quantitative estimate of drug-likeness (QED) is 0.173. The van der Waals surface area contributed by atoms with Crippen molar-refractivity contribution >= 4 is 33.6 Å². The number of pyridine rings is 1. The van der Waals surface area contributed by atoms with E-state index >= 15 is 0 Å². The number of para-hydroxylation sites is 1. The zero-order chi connectivity index (χ0) is 25.6. The van der Waals surface area contributed by atoms with Gasteiger partial charge in [-0.2, -0.15) is 0 Å². The van der Waals surface area contributed by atoms with Gasteiger partial charge in [0.1, 0.15) is 0 Å². The van der Waals surface area contributed by atoms with E-state index < -0.39 is 17.4 Å². The molecule has 0 saturated carbocycles. The molecular formula is C32H25NO4. The molecule has 0 atom stereocenters. The number of aromatic nitrogens is 1. The van der Waals surface area contributed by atoms with Gasteiger partial charge >= 0.3 is 11.9 Å². The first kappa shape index (κ1) is 22.9. The van der Waals surface area contributed by atoms with Crippen molar-refractivity contribution in [1.82, 2.24) is 4.98 Å². The van der Waals surface area contributed by atoms with Crippen molar-refractivity contribution in [3.63, 3.8) is 0 Å². The summed E-state index contributed by atoms with van der Waals surface area (Å²) in [5.41, 5.74) is 5.36. The van der Waals surface area contributed by atoms with Crippen molar-refractivity contribution in [3.05, 3.63) is 102 Å². The van der Waals surface area contributed by atoms with Crippen molar-refractivity contribution in [2.45, 2.75) is 12.8 Å².